The summed E-state index contributed by atoms with van der Waals surface area (Å²) in [4.78, 5) is 18.2. The van der Waals surface area contributed by atoms with Gasteiger partial charge in [-0.3, -0.25) is 4.57 Å². The molecule has 6 aromatic carbocycles. The number of benzene rings is 6. The fourth-order valence-electron chi connectivity index (χ4n) is 7.87. The first kappa shape index (κ1) is 37.0. The molecule has 0 saturated carbocycles. The van der Waals surface area contributed by atoms with Crippen LogP contribution in [0.2, 0.25) is 0 Å². The van der Waals surface area contributed by atoms with Gasteiger partial charge in [-0.25, -0.2) is 15.0 Å². The maximum atomic E-state index is 5.37. The van der Waals surface area contributed by atoms with E-state index >= 15 is 0 Å². The van der Waals surface area contributed by atoms with Crippen molar-refractivity contribution in [2.75, 3.05) is 11.9 Å². The quantitative estimate of drug-likeness (QED) is 0.123. The molecule has 1 atom stereocenters. The Balaban J connectivity index is 1.26. The maximum absolute atomic E-state index is 5.37. The fraction of sp³-hybridized carbons (Fsp3) is 0.135. The van der Waals surface area contributed by atoms with Gasteiger partial charge in [-0.15, -0.1) is 11.3 Å². The van der Waals surface area contributed by atoms with E-state index < -0.39 is 0 Å². The first-order valence-electron chi connectivity index (χ1n) is 20.0. The number of anilines is 2. The summed E-state index contributed by atoms with van der Waals surface area (Å²) < 4.78 is 3.43. The molecule has 284 valence electrons. The van der Waals surface area contributed by atoms with Crippen LogP contribution in [0.25, 0.3) is 71.6 Å². The van der Waals surface area contributed by atoms with Crippen molar-refractivity contribution in [3.8, 4) is 39.6 Å². The molecule has 0 aliphatic rings. The number of thiazole rings is 1. The van der Waals surface area contributed by atoms with Crippen molar-refractivity contribution >= 4 is 54.7 Å². The molecule has 3 aromatic heterocycles. The second-order valence-electron chi connectivity index (χ2n) is 14.8. The van der Waals surface area contributed by atoms with E-state index in [2.05, 4.69) is 201 Å². The van der Waals surface area contributed by atoms with Gasteiger partial charge in [0, 0.05) is 46.2 Å². The largest absolute Gasteiger partial charge is 0.345 e. The van der Waals surface area contributed by atoms with E-state index in [1.807, 2.05) is 6.07 Å². The van der Waals surface area contributed by atoms with Crippen molar-refractivity contribution in [2.24, 2.45) is 0 Å². The van der Waals surface area contributed by atoms with Crippen LogP contribution in [0.15, 0.2) is 170 Å². The van der Waals surface area contributed by atoms with Gasteiger partial charge >= 0.3 is 0 Å². The first-order valence-corrected chi connectivity index (χ1v) is 20.8. The van der Waals surface area contributed by atoms with E-state index in [1.165, 1.54) is 5.56 Å². The molecule has 58 heavy (non-hydrogen) atoms. The highest BCUT2D eigenvalue weighted by molar-refractivity contribution is 7.19. The molecule has 0 aliphatic carbocycles. The third kappa shape index (κ3) is 7.12. The molecule has 0 bridgehead atoms. The monoisotopic (exact) mass is 771 g/mol. The number of hydrogen-bond donors (Lipinski definition) is 0. The lowest BCUT2D eigenvalue weighted by molar-refractivity contribution is 0.745. The third-order valence-electron chi connectivity index (χ3n) is 11.0. The van der Waals surface area contributed by atoms with Crippen LogP contribution in [0.3, 0.4) is 0 Å². The molecule has 9 rings (SSSR count). The van der Waals surface area contributed by atoms with Crippen LogP contribution in [0.5, 0.6) is 0 Å². The Morgan fingerprint density at radius 1 is 0.638 bits per heavy atom. The number of allylic oxidation sites excluding steroid dienone is 4. The van der Waals surface area contributed by atoms with Gasteiger partial charge in [-0.05, 0) is 99.3 Å². The molecule has 0 saturated heterocycles. The summed E-state index contributed by atoms with van der Waals surface area (Å²) in [6.45, 7) is 6.30. The Morgan fingerprint density at radius 2 is 1.29 bits per heavy atom. The molecule has 0 radical (unpaired) electrons. The zero-order valence-corrected chi connectivity index (χ0v) is 34.1. The molecule has 9 aromatic rings. The highest BCUT2D eigenvalue weighted by Gasteiger charge is 2.23. The molecule has 1 unspecified atom stereocenters. The average Bonchev–Trinajstić information content (AvgIpc) is 3.86. The van der Waals surface area contributed by atoms with Gasteiger partial charge in [-0.2, -0.15) is 0 Å². The van der Waals surface area contributed by atoms with Crippen molar-refractivity contribution in [1.82, 2.24) is 19.5 Å². The molecule has 5 nitrogen and oxygen atoms in total. The molecular formula is C52H45N5S. The Morgan fingerprint density at radius 3 is 2.00 bits per heavy atom. The van der Waals surface area contributed by atoms with Crippen LogP contribution >= 0.6 is 11.3 Å². The van der Waals surface area contributed by atoms with Gasteiger partial charge in [-0.1, -0.05) is 121 Å². The van der Waals surface area contributed by atoms with Crippen LogP contribution in [0, 0.1) is 6.92 Å². The van der Waals surface area contributed by atoms with E-state index in [1.54, 1.807) is 11.3 Å². The lowest BCUT2D eigenvalue weighted by Crippen LogP contribution is -2.08. The molecule has 3 heterocycles. The lowest BCUT2D eigenvalue weighted by Gasteiger charge is -2.19. The molecule has 0 amide bonds. The van der Waals surface area contributed by atoms with Gasteiger partial charge in [0.15, 0.2) is 0 Å². The summed E-state index contributed by atoms with van der Waals surface area (Å²) in [7, 11) is 2.11. The Bertz CT molecular complexity index is 2920. The molecule has 0 fully saturated rings. The number of para-hydroxylation sites is 1. The minimum atomic E-state index is 0.229. The van der Waals surface area contributed by atoms with Gasteiger partial charge in [0.1, 0.15) is 5.01 Å². The second kappa shape index (κ2) is 16.1. The maximum Gasteiger partial charge on any atom is 0.235 e. The number of fused-ring (bicyclic) bond motifs is 5. The van der Waals surface area contributed by atoms with Crippen molar-refractivity contribution in [3.05, 3.63) is 180 Å². The summed E-state index contributed by atoms with van der Waals surface area (Å²) in [5.41, 5.74) is 12.8. The van der Waals surface area contributed by atoms with Crippen LogP contribution in [-0.4, -0.2) is 26.6 Å². The van der Waals surface area contributed by atoms with E-state index in [-0.39, 0.29) is 5.92 Å². The van der Waals surface area contributed by atoms with Gasteiger partial charge in [0.25, 0.3) is 0 Å². The third-order valence-corrected chi connectivity index (χ3v) is 12.2. The zero-order valence-electron chi connectivity index (χ0n) is 33.3. The van der Waals surface area contributed by atoms with Gasteiger partial charge < -0.3 is 4.90 Å². The smallest absolute Gasteiger partial charge is 0.235 e. The van der Waals surface area contributed by atoms with E-state index in [9.17, 15) is 0 Å². The van der Waals surface area contributed by atoms with Crippen LogP contribution < -0.4 is 4.90 Å². The predicted molar refractivity (Wildman–Crippen MR) is 247 cm³/mol. The van der Waals surface area contributed by atoms with Gasteiger partial charge in [0.05, 0.1) is 32.6 Å². The molecule has 6 heteroatoms. The number of rotatable bonds is 11. The van der Waals surface area contributed by atoms with Crippen LogP contribution in [0.1, 0.15) is 43.2 Å². The molecule has 0 N–H and O–H groups in total. The predicted octanol–water partition coefficient (Wildman–Crippen LogP) is 14.3. The Labute approximate surface area is 344 Å². The number of aryl methyl sites for hydroxylation is 1. The van der Waals surface area contributed by atoms with Gasteiger partial charge in [0.2, 0.25) is 5.95 Å². The SMILES string of the molecule is C/C=C\CCC(/C=C\C)c1nc2ccc3c4cc(-c5ccc(N(C)c6ccccc6)cc5)ccc4n(-c4nc(-c5ccccc5)cc(-c5ccc(C)cc5)n4)c3c2s1. The summed E-state index contributed by atoms with van der Waals surface area (Å²) in [5, 5.41) is 3.43. The summed E-state index contributed by atoms with van der Waals surface area (Å²) in [6, 6.07) is 51.7. The average molecular weight is 772 g/mol. The van der Waals surface area contributed by atoms with E-state index in [0.717, 1.165) is 94.9 Å². The summed E-state index contributed by atoms with van der Waals surface area (Å²) in [6.07, 6.45) is 10.8. The van der Waals surface area contributed by atoms with Crippen molar-refractivity contribution in [1.29, 1.82) is 0 Å². The van der Waals surface area contributed by atoms with Crippen molar-refractivity contribution in [2.45, 2.75) is 39.5 Å². The highest BCUT2D eigenvalue weighted by atomic mass is 32.1. The first-order chi connectivity index (χ1) is 28.5. The Hall–Kier alpha value is -6.63. The van der Waals surface area contributed by atoms with E-state index in [0.29, 0.717) is 5.95 Å². The Kier molecular flexibility index (Phi) is 10.3. The minimum Gasteiger partial charge on any atom is -0.345 e. The van der Waals surface area contributed by atoms with Crippen molar-refractivity contribution in [3.63, 3.8) is 0 Å². The number of hydrogen-bond acceptors (Lipinski definition) is 5. The van der Waals surface area contributed by atoms with E-state index in [4.69, 9.17) is 15.0 Å². The standard InChI is InChI=1S/C52H45N5S/c1-5-7-10-18-39(15-6-2)51-53-45-31-30-43-44-33-40(36-25-28-42(29-26-36)56(4)41-19-13-9-14-20-41)27-32-48(44)57(49(43)50(45)58-51)52-54-46(37-16-11-8-12-17-37)34-47(55-52)38-23-21-35(3)22-24-38/h5-9,11-17,19-34,39H,10,18H2,1-4H3/b7-5-,15-6-. The number of nitrogens with zero attached hydrogens (tertiary/aromatic N) is 5. The summed E-state index contributed by atoms with van der Waals surface area (Å²) in [5.74, 6) is 0.867. The topological polar surface area (TPSA) is 46.8 Å². The molecule has 0 spiro atoms. The summed E-state index contributed by atoms with van der Waals surface area (Å²) >= 11 is 1.80. The van der Waals surface area contributed by atoms with Crippen LogP contribution in [0.4, 0.5) is 11.4 Å². The fourth-order valence-corrected chi connectivity index (χ4v) is 9.08. The second-order valence-corrected chi connectivity index (χ2v) is 15.9. The van der Waals surface area contributed by atoms with Crippen LogP contribution in [-0.2, 0) is 0 Å². The molecule has 0 aliphatic heterocycles. The minimum absolute atomic E-state index is 0.229. The number of aromatic nitrogens is 4. The normalized spacial score (nSPS) is 12.4. The zero-order chi connectivity index (χ0) is 39.6. The highest BCUT2D eigenvalue weighted by Crippen LogP contribution is 2.42. The lowest BCUT2D eigenvalue weighted by atomic mass is 10.0. The van der Waals surface area contributed by atoms with Crippen molar-refractivity contribution < 1.29 is 0 Å². The molecular weight excluding hydrogens is 727 g/mol.